The number of hydrogen-bond donors (Lipinski definition) is 1. The highest BCUT2D eigenvalue weighted by atomic mass is 32.1. The second-order valence-corrected chi connectivity index (χ2v) is 7.46. The average Bonchev–Trinajstić information content (AvgIpc) is 3.02. The van der Waals surface area contributed by atoms with Crippen LogP contribution in [0.25, 0.3) is 17.1 Å². The van der Waals surface area contributed by atoms with E-state index in [9.17, 15) is 0 Å². The first-order chi connectivity index (χ1) is 13.1. The lowest BCUT2D eigenvalue weighted by Crippen LogP contribution is -3.13. The summed E-state index contributed by atoms with van der Waals surface area (Å²) in [4.78, 5) is 1.45. The Balaban J connectivity index is 1.82. The second-order valence-electron chi connectivity index (χ2n) is 7.10. The zero-order valence-electron chi connectivity index (χ0n) is 15.8. The molecular formula is C21H25N4OS+. The van der Waals surface area contributed by atoms with Crippen LogP contribution >= 0.6 is 12.2 Å². The highest BCUT2D eigenvalue weighted by molar-refractivity contribution is 7.71. The number of ether oxygens (including phenoxy) is 1. The lowest BCUT2D eigenvalue weighted by atomic mass is 10.1. The van der Waals surface area contributed by atoms with Crippen molar-refractivity contribution in [2.75, 3.05) is 26.3 Å². The minimum Gasteiger partial charge on any atom is -0.370 e. The van der Waals surface area contributed by atoms with E-state index in [0.29, 0.717) is 0 Å². The van der Waals surface area contributed by atoms with Crippen molar-refractivity contribution in [2.45, 2.75) is 20.5 Å². The molecule has 1 saturated heterocycles. The monoisotopic (exact) mass is 381 g/mol. The van der Waals surface area contributed by atoms with Crippen LogP contribution in [-0.4, -0.2) is 40.7 Å². The molecule has 1 N–H and O–H groups in total. The van der Waals surface area contributed by atoms with Crippen molar-refractivity contribution in [1.82, 2.24) is 14.3 Å². The predicted octanol–water partition coefficient (Wildman–Crippen LogP) is 2.56. The summed E-state index contributed by atoms with van der Waals surface area (Å²) in [5.41, 5.74) is 4.65. The summed E-state index contributed by atoms with van der Waals surface area (Å²) in [6.45, 7) is 8.59. The van der Waals surface area contributed by atoms with Crippen LogP contribution in [0.3, 0.4) is 0 Å². The van der Waals surface area contributed by atoms with E-state index in [1.165, 1.54) is 16.0 Å². The topological polar surface area (TPSA) is 36.4 Å². The summed E-state index contributed by atoms with van der Waals surface area (Å²) < 4.78 is 10.3. The Morgan fingerprint density at radius 3 is 2.48 bits per heavy atom. The maximum absolute atomic E-state index is 5.86. The Hall–Kier alpha value is -2.28. The van der Waals surface area contributed by atoms with Crippen LogP contribution in [0.1, 0.15) is 11.1 Å². The minimum absolute atomic E-state index is 0.732. The van der Waals surface area contributed by atoms with Gasteiger partial charge in [-0.2, -0.15) is 4.68 Å². The normalized spacial score (nSPS) is 15.2. The number of nitrogens with zero attached hydrogens (tertiary/aromatic N) is 3. The SMILES string of the molecule is Cc1ccc(-n2c(-c3ccccc3)nn(C[NH+]3CCOCC3)c2=S)cc1C. The fraction of sp³-hybridized carbons (Fsp3) is 0.333. The molecule has 3 aromatic rings. The van der Waals surface area contributed by atoms with Gasteiger partial charge in [-0.1, -0.05) is 36.4 Å². The molecule has 140 valence electrons. The Morgan fingerprint density at radius 2 is 1.78 bits per heavy atom. The molecule has 0 spiro atoms. The van der Waals surface area contributed by atoms with Crippen LogP contribution in [0.4, 0.5) is 0 Å². The van der Waals surface area contributed by atoms with Crippen LogP contribution < -0.4 is 4.90 Å². The molecule has 1 fully saturated rings. The van der Waals surface area contributed by atoms with Crippen molar-refractivity contribution >= 4 is 12.2 Å². The van der Waals surface area contributed by atoms with E-state index in [0.717, 1.165) is 54.8 Å². The lowest BCUT2D eigenvalue weighted by molar-refractivity contribution is -0.930. The number of benzene rings is 2. The van der Waals surface area contributed by atoms with E-state index >= 15 is 0 Å². The van der Waals surface area contributed by atoms with Gasteiger partial charge in [-0.05, 0) is 49.3 Å². The summed E-state index contributed by atoms with van der Waals surface area (Å²) in [5, 5.41) is 4.92. The third-order valence-electron chi connectivity index (χ3n) is 5.19. The van der Waals surface area contributed by atoms with E-state index in [-0.39, 0.29) is 0 Å². The van der Waals surface area contributed by atoms with Crippen molar-refractivity contribution in [3.63, 3.8) is 0 Å². The molecule has 27 heavy (non-hydrogen) atoms. The largest absolute Gasteiger partial charge is 0.370 e. The second kappa shape index (κ2) is 7.76. The molecule has 4 rings (SSSR count). The third-order valence-corrected chi connectivity index (χ3v) is 5.59. The van der Waals surface area contributed by atoms with E-state index < -0.39 is 0 Å². The van der Waals surface area contributed by atoms with Crippen LogP contribution in [0.2, 0.25) is 0 Å². The fourth-order valence-electron chi connectivity index (χ4n) is 3.41. The molecule has 1 aliphatic rings. The zero-order valence-corrected chi connectivity index (χ0v) is 16.6. The number of hydrogen-bond acceptors (Lipinski definition) is 3. The molecule has 0 bridgehead atoms. The summed E-state index contributed by atoms with van der Waals surface area (Å²) in [7, 11) is 0. The number of aromatic nitrogens is 3. The first-order valence-electron chi connectivity index (χ1n) is 9.38. The van der Waals surface area contributed by atoms with Crippen molar-refractivity contribution in [3.8, 4) is 17.1 Å². The van der Waals surface area contributed by atoms with Gasteiger partial charge in [0.05, 0.1) is 18.9 Å². The number of morpholine rings is 1. The van der Waals surface area contributed by atoms with Gasteiger partial charge in [-0.15, -0.1) is 5.10 Å². The molecule has 0 aliphatic carbocycles. The molecule has 0 amide bonds. The average molecular weight is 382 g/mol. The van der Waals surface area contributed by atoms with Crippen molar-refractivity contribution in [2.24, 2.45) is 0 Å². The summed E-state index contributed by atoms with van der Waals surface area (Å²) in [5.74, 6) is 0.886. The Kier molecular flexibility index (Phi) is 5.20. The zero-order chi connectivity index (χ0) is 18.8. The number of aryl methyl sites for hydroxylation is 2. The van der Waals surface area contributed by atoms with Gasteiger partial charge in [0.15, 0.2) is 12.5 Å². The number of nitrogens with one attached hydrogen (secondary N) is 1. The number of quaternary nitrogens is 1. The Bertz CT molecular complexity index is 987. The third kappa shape index (κ3) is 3.74. The molecule has 2 heterocycles. The highest BCUT2D eigenvalue weighted by Crippen LogP contribution is 2.23. The first kappa shape index (κ1) is 18.1. The van der Waals surface area contributed by atoms with E-state index in [4.69, 9.17) is 22.1 Å². The lowest BCUT2D eigenvalue weighted by Gasteiger charge is -2.23. The van der Waals surface area contributed by atoms with Gasteiger partial charge in [0.2, 0.25) is 4.77 Å². The number of rotatable bonds is 4. The van der Waals surface area contributed by atoms with Gasteiger partial charge in [-0.3, -0.25) is 4.57 Å². The van der Waals surface area contributed by atoms with Crippen molar-refractivity contribution < 1.29 is 9.64 Å². The standard InChI is InChI=1S/C21H24N4OS/c1-16-8-9-19(14-17(16)2)25-20(18-6-4-3-5-7-18)22-24(21(25)27)15-23-10-12-26-13-11-23/h3-9,14H,10-13,15H2,1-2H3/p+1. The first-order valence-corrected chi connectivity index (χ1v) is 9.78. The molecule has 5 nitrogen and oxygen atoms in total. The Labute approximate surface area is 164 Å². The predicted molar refractivity (Wildman–Crippen MR) is 109 cm³/mol. The quantitative estimate of drug-likeness (QED) is 0.706. The molecule has 2 aromatic carbocycles. The highest BCUT2D eigenvalue weighted by Gasteiger charge is 2.19. The van der Waals surface area contributed by atoms with Gasteiger partial charge in [0.1, 0.15) is 13.1 Å². The smallest absolute Gasteiger partial charge is 0.207 e. The van der Waals surface area contributed by atoms with Crippen LogP contribution in [0, 0.1) is 18.6 Å². The summed E-state index contributed by atoms with van der Waals surface area (Å²) in [6.07, 6.45) is 0. The van der Waals surface area contributed by atoms with Crippen LogP contribution in [0.15, 0.2) is 48.5 Å². The Morgan fingerprint density at radius 1 is 1.04 bits per heavy atom. The van der Waals surface area contributed by atoms with Crippen LogP contribution in [-0.2, 0) is 11.4 Å². The van der Waals surface area contributed by atoms with Gasteiger partial charge in [-0.25, -0.2) is 0 Å². The van der Waals surface area contributed by atoms with Gasteiger partial charge < -0.3 is 9.64 Å². The van der Waals surface area contributed by atoms with Crippen molar-refractivity contribution in [3.05, 3.63) is 64.4 Å². The summed E-state index contributed by atoms with van der Waals surface area (Å²) >= 11 is 5.86. The van der Waals surface area contributed by atoms with E-state index in [2.05, 4.69) is 48.7 Å². The molecule has 0 atom stereocenters. The van der Waals surface area contributed by atoms with Gasteiger partial charge >= 0.3 is 0 Å². The molecule has 1 aromatic heterocycles. The van der Waals surface area contributed by atoms with Crippen molar-refractivity contribution in [1.29, 1.82) is 0 Å². The molecule has 1 aliphatic heterocycles. The van der Waals surface area contributed by atoms with Crippen LogP contribution in [0.5, 0.6) is 0 Å². The van der Waals surface area contributed by atoms with Gasteiger partial charge in [0.25, 0.3) is 0 Å². The molecule has 0 saturated carbocycles. The van der Waals surface area contributed by atoms with E-state index in [1.54, 1.807) is 0 Å². The maximum atomic E-state index is 5.86. The fourth-order valence-corrected chi connectivity index (χ4v) is 3.71. The molecule has 0 radical (unpaired) electrons. The summed E-state index contributed by atoms with van der Waals surface area (Å²) in [6, 6.07) is 16.7. The molecule has 6 heteroatoms. The molecular weight excluding hydrogens is 356 g/mol. The maximum Gasteiger partial charge on any atom is 0.207 e. The van der Waals surface area contributed by atoms with Gasteiger partial charge in [0, 0.05) is 5.56 Å². The molecule has 0 unspecified atom stereocenters. The van der Waals surface area contributed by atoms with E-state index in [1.807, 2.05) is 22.9 Å². The minimum atomic E-state index is 0.732.